The Morgan fingerprint density at radius 2 is 1.65 bits per heavy atom. The van der Waals surface area contributed by atoms with E-state index in [2.05, 4.69) is 15.0 Å². The van der Waals surface area contributed by atoms with Gasteiger partial charge in [-0.1, -0.05) is 70.7 Å². The molecule has 0 aliphatic rings. The summed E-state index contributed by atoms with van der Waals surface area (Å²) in [6.07, 6.45) is 3.53. The van der Waals surface area contributed by atoms with Crippen LogP contribution in [0.1, 0.15) is 22.8 Å². The maximum Gasteiger partial charge on any atom is 0.250 e. The van der Waals surface area contributed by atoms with Crippen LogP contribution in [0, 0.1) is 6.92 Å². The lowest BCUT2D eigenvalue weighted by atomic mass is 10.1. The van der Waals surface area contributed by atoms with E-state index >= 15 is 0 Å². The average molecular weight is 330 g/mol. The molecule has 0 saturated heterocycles. The van der Waals surface area contributed by atoms with Crippen molar-refractivity contribution in [2.75, 3.05) is 5.73 Å². The van der Waals surface area contributed by atoms with Crippen LogP contribution in [0.5, 0.6) is 0 Å². The third-order valence-electron chi connectivity index (χ3n) is 2.43. The molecule has 0 radical (unpaired) electrons. The van der Waals surface area contributed by atoms with Crippen LogP contribution < -0.4 is 5.73 Å². The van der Waals surface area contributed by atoms with Gasteiger partial charge in [-0.2, -0.15) is 9.97 Å². The van der Waals surface area contributed by atoms with Gasteiger partial charge in [0, 0.05) is 0 Å². The van der Waals surface area contributed by atoms with E-state index in [0.29, 0.717) is 5.82 Å². The predicted molar refractivity (Wildman–Crippen MR) is 83.6 cm³/mol. The minimum atomic E-state index is -1.73. The average Bonchev–Trinajstić information content (AvgIpc) is 2.36. The standard InChI is InChI=1S/C13H11Cl3N4/c1-8-2-4-9(5-3-8)6-7-10-18-11(13(14,15)16)20-12(17)19-10/h2-7H,1H3,(H2,17,18,19,20). The molecule has 0 amide bonds. The SMILES string of the molecule is Cc1ccc(C=Cc2nc(N)nc(C(Cl)(Cl)Cl)n2)cc1. The summed E-state index contributed by atoms with van der Waals surface area (Å²) in [6, 6.07) is 7.97. The van der Waals surface area contributed by atoms with Crippen LogP contribution >= 0.6 is 34.8 Å². The number of hydrogen-bond acceptors (Lipinski definition) is 4. The first-order valence-corrected chi connectivity index (χ1v) is 6.81. The molecule has 2 rings (SSSR count). The predicted octanol–water partition coefficient (Wildman–Crippen LogP) is 3.76. The molecular formula is C13H11Cl3N4. The van der Waals surface area contributed by atoms with E-state index in [1.165, 1.54) is 5.56 Å². The molecule has 20 heavy (non-hydrogen) atoms. The van der Waals surface area contributed by atoms with Gasteiger partial charge >= 0.3 is 0 Å². The number of nitrogen functional groups attached to an aromatic ring is 1. The minimum Gasteiger partial charge on any atom is -0.368 e. The smallest absolute Gasteiger partial charge is 0.250 e. The Morgan fingerprint density at radius 3 is 2.25 bits per heavy atom. The Labute approximate surface area is 131 Å². The molecule has 0 bridgehead atoms. The number of alkyl halides is 3. The van der Waals surface area contributed by atoms with Gasteiger partial charge < -0.3 is 5.73 Å². The van der Waals surface area contributed by atoms with Gasteiger partial charge in [-0.05, 0) is 18.6 Å². The summed E-state index contributed by atoms with van der Waals surface area (Å²) in [5.74, 6) is 0.336. The number of rotatable bonds is 2. The lowest BCUT2D eigenvalue weighted by Crippen LogP contribution is -2.12. The van der Waals surface area contributed by atoms with Crippen molar-refractivity contribution >= 4 is 52.9 Å². The normalized spacial score (nSPS) is 12.0. The zero-order chi connectivity index (χ0) is 14.8. The molecule has 1 aromatic heterocycles. The Balaban J connectivity index is 2.29. The highest BCUT2D eigenvalue weighted by molar-refractivity contribution is 6.66. The van der Waals surface area contributed by atoms with Gasteiger partial charge in [0.25, 0.3) is 0 Å². The van der Waals surface area contributed by atoms with Gasteiger partial charge in [-0.3, -0.25) is 0 Å². The lowest BCUT2D eigenvalue weighted by molar-refractivity contribution is 0.917. The highest BCUT2D eigenvalue weighted by atomic mass is 35.6. The number of nitrogens with zero attached hydrogens (tertiary/aromatic N) is 3. The topological polar surface area (TPSA) is 64.7 Å². The largest absolute Gasteiger partial charge is 0.368 e. The van der Waals surface area contributed by atoms with Crippen molar-refractivity contribution in [3.63, 3.8) is 0 Å². The number of nitrogens with two attached hydrogens (primary N) is 1. The van der Waals surface area contributed by atoms with Gasteiger partial charge in [0.2, 0.25) is 9.74 Å². The highest BCUT2D eigenvalue weighted by Crippen LogP contribution is 2.35. The van der Waals surface area contributed by atoms with Gasteiger partial charge in [0.05, 0.1) is 0 Å². The second kappa shape index (κ2) is 5.95. The molecule has 0 fully saturated rings. The molecule has 0 aliphatic heterocycles. The van der Waals surface area contributed by atoms with E-state index in [-0.39, 0.29) is 11.8 Å². The molecular weight excluding hydrogens is 319 g/mol. The second-order valence-corrected chi connectivity index (χ2v) is 6.40. The molecule has 104 valence electrons. The van der Waals surface area contributed by atoms with Crippen LogP contribution in [-0.4, -0.2) is 15.0 Å². The van der Waals surface area contributed by atoms with Crippen LogP contribution in [-0.2, 0) is 3.79 Å². The summed E-state index contributed by atoms with van der Waals surface area (Å²) in [6.45, 7) is 2.02. The van der Waals surface area contributed by atoms with Crippen molar-refractivity contribution < 1.29 is 0 Å². The first-order valence-electron chi connectivity index (χ1n) is 5.68. The summed E-state index contributed by atoms with van der Waals surface area (Å²) in [5, 5.41) is 0. The maximum atomic E-state index is 5.74. The van der Waals surface area contributed by atoms with Gasteiger partial charge in [0.1, 0.15) is 0 Å². The number of benzene rings is 1. The van der Waals surface area contributed by atoms with Crippen molar-refractivity contribution in [3.05, 3.63) is 47.0 Å². The zero-order valence-electron chi connectivity index (χ0n) is 10.5. The third kappa shape index (κ3) is 4.07. The first-order chi connectivity index (χ1) is 9.34. The van der Waals surface area contributed by atoms with Crippen LogP contribution in [0.25, 0.3) is 12.2 Å². The number of hydrogen-bond donors (Lipinski definition) is 1. The molecule has 0 atom stereocenters. The van der Waals surface area contributed by atoms with E-state index < -0.39 is 3.79 Å². The fraction of sp³-hybridized carbons (Fsp3) is 0.154. The van der Waals surface area contributed by atoms with E-state index in [1.807, 2.05) is 37.3 Å². The molecule has 2 N–H and O–H groups in total. The molecule has 1 heterocycles. The van der Waals surface area contributed by atoms with Crippen LogP contribution in [0.3, 0.4) is 0 Å². The first kappa shape index (κ1) is 15.0. The Morgan fingerprint density at radius 1 is 1.00 bits per heavy atom. The summed E-state index contributed by atoms with van der Waals surface area (Å²) >= 11 is 17.2. The monoisotopic (exact) mass is 328 g/mol. The molecule has 0 unspecified atom stereocenters. The minimum absolute atomic E-state index is 0.00134. The van der Waals surface area contributed by atoms with E-state index in [1.54, 1.807) is 6.08 Å². The summed E-state index contributed by atoms with van der Waals surface area (Å²) in [7, 11) is 0. The second-order valence-electron chi connectivity index (χ2n) is 4.12. The molecule has 4 nitrogen and oxygen atoms in total. The summed E-state index contributed by atoms with van der Waals surface area (Å²) < 4.78 is -1.73. The number of halogens is 3. The molecule has 0 spiro atoms. The fourth-order valence-corrected chi connectivity index (χ4v) is 1.71. The van der Waals surface area contributed by atoms with E-state index in [9.17, 15) is 0 Å². The van der Waals surface area contributed by atoms with Crippen molar-refractivity contribution in [1.29, 1.82) is 0 Å². The fourth-order valence-electron chi connectivity index (χ4n) is 1.46. The third-order valence-corrected chi connectivity index (χ3v) is 2.93. The van der Waals surface area contributed by atoms with Crippen LogP contribution in [0.15, 0.2) is 24.3 Å². The van der Waals surface area contributed by atoms with E-state index in [4.69, 9.17) is 40.5 Å². The Bertz CT molecular complexity index is 633. The number of anilines is 1. The molecule has 0 aliphatic carbocycles. The summed E-state index contributed by atoms with van der Waals surface area (Å²) in [4.78, 5) is 11.8. The van der Waals surface area contributed by atoms with Gasteiger partial charge in [-0.15, -0.1) is 0 Å². The maximum absolute atomic E-state index is 5.74. The Hall–Kier alpha value is -1.36. The van der Waals surface area contributed by atoms with E-state index in [0.717, 1.165) is 5.56 Å². The summed E-state index contributed by atoms with van der Waals surface area (Å²) in [5.41, 5.74) is 7.76. The van der Waals surface area contributed by atoms with Crippen molar-refractivity contribution in [2.24, 2.45) is 0 Å². The van der Waals surface area contributed by atoms with Crippen molar-refractivity contribution in [2.45, 2.75) is 10.7 Å². The van der Waals surface area contributed by atoms with Crippen LogP contribution in [0.4, 0.5) is 5.95 Å². The zero-order valence-corrected chi connectivity index (χ0v) is 12.8. The lowest BCUT2D eigenvalue weighted by Gasteiger charge is -2.09. The van der Waals surface area contributed by atoms with Gasteiger partial charge in [-0.25, -0.2) is 4.98 Å². The van der Waals surface area contributed by atoms with Gasteiger partial charge in [0.15, 0.2) is 11.6 Å². The molecule has 1 aromatic carbocycles. The molecule has 2 aromatic rings. The van der Waals surface area contributed by atoms with Crippen molar-refractivity contribution in [1.82, 2.24) is 15.0 Å². The molecule has 7 heteroatoms. The van der Waals surface area contributed by atoms with Crippen LogP contribution in [0.2, 0.25) is 0 Å². The quantitative estimate of drug-likeness (QED) is 0.852. The number of aryl methyl sites for hydroxylation is 1. The van der Waals surface area contributed by atoms with Crippen molar-refractivity contribution in [3.8, 4) is 0 Å². The number of aromatic nitrogens is 3. The molecule has 0 saturated carbocycles. The highest BCUT2D eigenvalue weighted by Gasteiger charge is 2.27. The Kier molecular flexibility index (Phi) is 4.48.